The molecule has 1 atom stereocenters. The molecule has 0 saturated heterocycles. The minimum Gasteiger partial charge on any atom is -0.368 e. The van der Waals surface area contributed by atoms with Crippen LogP contribution in [-0.4, -0.2) is 9.97 Å². The van der Waals surface area contributed by atoms with E-state index in [1.165, 1.54) is 0 Å². The zero-order valence-electron chi connectivity index (χ0n) is 7.05. The Kier molecular flexibility index (Phi) is 1.41. The molecule has 0 saturated carbocycles. The number of hydrazine groups is 1. The third kappa shape index (κ3) is 0.902. The highest BCUT2D eigenvalue weighted by Crippen LogP contribution is 2.28. The molecule has 0 aliphatic carbocycles. The van der Waals surface area contributed by atoms with Gasteiger partial charge >= 0.3 is 0 Å². The molecule has 5 nitrogen and oxygen atoms in total. The normalized spacial score (nSPS) is 20.3. The number of hydrogen-bond donors (Lipinski definition) is 3. The van der Waals surface area contributed by atoms with Gasteiger partial charge in [-0.25, -0.2) is 10.4 Å². The molecule has 1 aliphatic rings. The minimum absolute atomic E-state index is 0.251. The van der Waals surface area contributed by atoms with Crippen LogP contribution in [0, 0.1) is 6.92 Å². The molecule has 0 amide bonds. The van der Waals surface area contributed by atoms with E-state index in [1.54, 1.807) is 0 Å². The zero-order valence-corrected chi connectivity index (χ0v) is 7.05. The molecule has 12 heavy (non-hydrogen) atoms. The Bertz CT molecular complexity index is 322. The number of hydrogen-bond acceptors (Lipinski definition) is 5. The molecule has 4 N–H and O–H groups in total. The predicted octanol–water partition coefficient (Wildman–Crippen LogP) is 0.358. The van der Waals surface area contributed by atoms with Crippen LogP contribution < -0.4 is 16.6 Å². The number of aryl methyl sites for hydroxylation is 1. The van der Waals surface area contributed by atoms with E-state index in [1.807, 2.05) is 13.8 Å². The monoisotopic (exact) mass is 165 g/mol. The molecule has 2 heterocycles. The van der Waals surface area contributed by atoms with Crippen LogP contribution in [0.4, 0.5) is 11.8 Å². The first kappa shape index (κ1) is 7.30. The molecule has 0 fully saturated rings. The Balaban J connectivity index is 2.60. The van der Waals surface area contributed by atoms with Crippen molar-refractivity contribution in [2.45, 2.75) is 19.9 Å². The lowest BCUT2D eigenvalue weighted by atomic mass is 10.1. The average molecular weight is 165 g/mol. The highest BCUT2D eigenvalue weighted by atomic mass is 15.4. The van der Waals surface area contributed by atoms with Crippen molar-refractivity contribution < 1.29 is 0 Å². The molecule has 0 radical (unpaired) electrons. The fraction of sp³-hybridized carbons (Fsp3) is 0.429. The second-order valence-corrected chi connectivity index (χ2v) is 2.92. The van der Waals surface area contributed by atoms with Crippen LogP contribution in [0.5, 0.6) is 0 Å². The summed E-state index contributed by atoms with van der Waals surface area (Å²) in [7, 11) is 0. The number of nitrogens with zero attached hydrogens (tertiary/aromatic N) is 2. The molecule has 0 spiro atoms. The molecule has 0 bridgehead atoms. The smallest absolute Gasteiger partial charge is 0.222 e. The van der Waals surface area contributed by atoms with Gasteiger partial charge in [-0.05, 0) is 13.8 Å². The predicted molar refractivity (Wildman–Crippen MR) is 46.4 cm³/mol. The summed E-state index contributed by atoms with van der Waals surface area (Å²) < 4.78 is 0. The standard InChI is InChI=1S/C7H11N5/c1-3-5-4(2)11-12-6(5)10-7(8)9-3/h4,11H,1-2H3,(H3,8,9,10,12). The van der Waals surface area contributed by atoms with Gasteiger partial charge in [0.25, 0.3) is 0 Å². The van der Waals surface area contributed by atoms with Crippen LogP contribution in [0.25, 0.3) is 0 Å². The number of anilines is 2. The summed E-state index contributed by atoms with van der Waals surface area (Å²) in [5, 5.41) is 0. The SMILES string of the molecule is Cc1nc(N)nc2c1C(C)NN2. The number of rotatable bonds is 0. The number of nitrogens with one attached hydrogen (secondary N) is 2. The maximum absolute atomic E-state index is 5.49. The topological polar surface area (TPSA) is 75.9 Å². The number of aromatic nitrogens is 2. The van der Waals surface area contributed by atoms with Crippen LogP contribution in [0.1, 0.15) is 24.2 Å². The lowest BCUT2D eigenvalue weighted by Gasteiger charge is -2.04. The van der Waals surface area contributed by atoms with Gasteiger partial charge in [-0.2, -0.15) is 4.98 Å². The van der Waals surface area contributed by atoms with Crippen molar-refractivity contribution in [3.63, 3.8) is 0 Å². The van der Waals surface area contributed by atoms with Gasteiger partial charge in [0, 0.05) is 11.3 Å². The third-order valence-corrected chi connectivity index (χ3v) is 1.99. The molecule has 1 aliphatic heterocycles. The van der Waals surface area contributed by atoms with E-state index >= 15 is 0 Å². The van der Waals surface area contributed by atoms with Gasteiger partial charge in [-0.15, -0.1) is 0 Å². The number of fused-ring (bicyclic) bond motifs is 1. The number of nitrogens with two attached hydrogens (primary N) is 1. The van der Waals surface area contributed by atoms with Crippen molar-refractivity contribution in [3.8, 4) is 0 Å². The Labute approximate surface area is 70.4 Å². The van der Waals surface area contributed by atoms with Crippen LogP contribution in [-0.2, 0) is 0 Å². The summed E-state index contributed by atoms with van der Waals surface area (Å²) in [6, 6.07) is 0.251. The van der Waals surface area contributed by atoms with Crippen molar-refractivity contribution in [2.24, 2.45) is 0 Å². The summed E-state index contributed by atoms with van der Waals surface area (Å²) in [4.78, 5) is 8.14. The molecule has 0 aromatic carbocycles. The van der Waals surface area contributed by atoms with Gasteiger partial charge in [0.2, 0.25) is 5.95 Å². The highest BCUT2D eigenvalue weighted by molar-refractivity contribution is 5.53. The lowest BCUT2D eigenvalue weighted by Crippen LogP contribution is -2.16. The van der Waals surface area contributed by atoms with E-state index in [0.29, 0.717) is 5.95 Å². The van der Waals surface area contributed by atoms with Crippen molar-refractivity contribution >= 4 is 11.8 Å². The molecular weight excluding hydrogens is 154 g/mol. The largest absolute Gasteiger partial charge is 0.368 e. The quantitative estimate of drug-likeness (QED) is 0.517. The Morgan fingerprint density at radius 3 is 2.92 bits per heavy atom. The van der Waals surface area contributed by atoms with Crippen molar-refractivity contribution in [3.05, 3.63) is 11.3 Å². The first-order valence-electron chi connectivity index (χ1n) is 3.84. The Morgan fingerprint density at radius 1 is 1.42 bits per heavy atom. The van der Waals surface area contributed by atoms with E-state index in [-0.39, 0.29) is 6.04 Å². The Hall–Kier alpha value is -1.36. The van der Waals surface area contributed by atoms with Gasteiger partial charge < -0.3 is 11.2 Å². The molecule has 5 heteroatoms. The summed E-state index contributed by atoms with van der Waals surface area (Å²) in [5.74, 6) is 1.11. The lowest BCUT2D eigenvalue weighted by molar-refractivity contribution is 0.681. The van der Waals surface area contributed by atoms with Gasteiger partial charge in [0.1, 0.15) is 0 Å². The first-order chi connectivity index (χ1) is 5.68. The molecule has 1 aromatic rings. The van der Waals surface area contributed by atoms with Crippen LogP contribution in [0.2, 0.25) is 0 Å². The molecule has 1 aromatic heterocycles. The zero-order chi connectivity index (χ0) is 8.72. The van der Waals surface area contributed by atoms with E-state index in [2.05, 4.69) is 20.8 Å². The van der Waals surface area contributed by atoms with Gasteiger partial charge in [-0.3, -0.25) is 0 Å². The maximum atomic E-state index is 5.49. The van der Waals surface area contributed by atoms with Crippen LogP contribution in [0.3, 0.4) is 0 Å². The fourth-order valence-electron chi connectivity index (χ4n) is 1.47. The second kappa shape index (κ2) is 2.31. The molecule has 2 rings (SSSR count). The molecule has 1 unspecified atom stereocenters. The van der Waals surface area contributed by atoms with Gasteiger partial charge in [0.15, 0.2) is 5.82 Å². The summed E-state index contributed by atoms with van der Waals surface area (Å²) in [5.41, 5.74) is 13.5. The van der Waals surface area contributed by atoms with Crippen molar-refractivity contribution in [2.75, 3.05) is 11.2 Å². The second-order valence-electron chi connectivity index (χ2n) is 2.92. The maximum Gasteiger partial charge on any atom is 0.222 e. The van der Waals surface area contributed by atoms with Gasteiger partial charge in [0.05, 0.1) is 6.04 Å². The first-order valence-corrected chi connectivity index (χ1v) is 3.84. The minimum atomic E-state index is 0.251. The number of nitrogen functional groups attached to an aromatic ring is 1. The van der Waals surface area contributed by atoms with E-state index < -0.39 is 0 Å². The molecular formula is C7H11N5. The summed E-state index contributed by atoms with van der Waals surface area (Å²) in [6.45, 7) is 3.98. The summed E-state index contributed by atoms with van der Waals surface area (Å²) in [6.07, 6.45) is 0. The van der Waals surface area contributed by atoms with Crippen molar-refractivity contribution in [1.29, 1.82) is 0 Å². The highest BCUT2D eigenvalue weighted by Gasteiger charge is 2.22. The van der Waals surface area contributed by atoms with E-state index in [9.17, 15) is 0 Å². The third-order valence-electron chi connectivity index (χ3n) is 1.99. The van der Waals surface area contributed by atoms with E-state index in [4.69, 9.17) is 5.73 Å². The fourth-order valence-corrected chi connectivity index (χ4v) is 1.47. The van der Waals surface area contributed by atoms with E-state index in [0.717, 1.165) is 17.1 Å². The van der Waals surface area contributed by atoms with Crippen molar-refractivity contribution in [1.82, 2.24) is 15.4 Å². The average Bonchev–Trinajstić information content (AvgIpc) is 2.31. The van der Waals surface area contributed by atoms with Crippen LogP contribution in [0.15, 0.2) is 0 Å². The summed E-state index contributed by atoms with van der Waals surface area (Å²) >= 11 is 0. The van der Waals surface area contributed by atoms with Gasteiger partial charge in [-0.1, -0.05) is 0 Å². The van der Waals surface area contributed by atoms with Crippen LogP contribution >= 0.6 is 0 Å². The molecule has 64 valence electrons. The Morgan fingerprint density at radius 2 is 2.17 bits per heavy atom.